The minimum Gasteiger partial charge on any atom is -0.388 e. The van der Waals surface area contributed by atoms with Crippen molar-refractivity contribution in [3.05, 3.63) is 0 Å². The normalized spacial score (nSPS) is 12.7. The van der Waals surface area contributed by atoms with E-state index in [-0.39, 0.29) is 29.7 Å². The van der Waals surface area contributed by atoms with Gasteiger partial charge in [-0.3, -0.25) is 4.99 Å². The zero-order chi connectivity index (χ0) is 17.1. The summed E-state index contributed by atoms with van der Waals surface area (Å²) in [6, 6.07) is 0. The lowest BCUT2D eigenvalue weighted by atomic mass is 9.93. The van der Waals surface area contributed by atoms with Crippen molar-refractivity contribution in [2.45, 2.75) is 58.5 Å². The number of hydrogen-bond acceptors (Lipinski definition) is 4. The second kappa shape index (κ2) is 13.2. The van der Waals surface area contributed by atoms with E-state index in [4.69, 9.17) is 0 Å². The van der Waals surface area contributed by atoms with Gasteiger partial charge in [-0.15, -0.1) is 24.0 Å². The van der Waals surface area contributed by atoms with Gasteiger partial charge in [0.2, 0.25) is 0 Å². The molecule has 0 aromatic rings. The van der Waals surface area contributed by atoms with Gasteiger partial charge in [-0.1, -0.05) is 26.7 Å². The first-order chi connectivity index (χ1) is 10.3. The van der Waals surface area contributed by atoms with Crippen LogP contribution in [0.25, 0.3) is 0 Å². The van der Waals surface area contributed by atoms with Crippen LogP contribution in [0.1, 0.15) is 52.9 Å². The van der Waals surface area contributed by atoms with Gasteiger partial charge in [-0.05, 0) is 26.2 Å². The van der Waals surface area contributed by atoms with Crippen LogP contribution in [0.15, 0.2) is 4.99 Å². The summed E-state index contributed by atoms with van der Waals surface area (Å²) in [5, 5.41) is 16.8. The molecule has 23 heavy (non-hydrogen) atoms. The van der Waals surface area contributed by atoms with Crippen LogP contribution >= 0.6 is 24.0 Å². The highest BCUT2D eigenvalue weighted by Gasteiger charge is 2.24. The molecule has 0 aromatic carbocycles. The number of nitrogens with one attached hydrogen (secondary N) is 2. The first kappa shape index (κ1) is 25.2. The van der Waals surface area contributed by atoms with Crippen molar-refractivity contribution >= 4 is 39.8 Å². The van der Waals surface area contributed by atoms with E-state index in [1.54, 1.807) is 0 Å². The minimum atomic E-state index is -2.92. The third-order valence-electron chi connectivity index (χ3n) is 3.29. The molecule has 0 aliphatic heterocycles. The maximum atomic E-state index is 11.1. The standard InChI is InChI=1S/C15H33N3O3S.HI/c1-5-9-15(19,10-6-2)13-18-14(16-7-3)17-11-8-12-22(4,20)21;/h19H,5-13H2,1-4H3,(H2,16,17,18);1H. The van der Waals surface area contributed by atoms with Gasteiger partial charge >= 0.3 is 0 Å². The molecule has 0 radical (unpaired) electrons. The average Bonchev–Trinajstić information content (AvgIpc) is 2.40. The molecule has 3 N–H and O–H groups in total. The summed E-state index contributed by atoms with van der Waals surface area (Å²) in [7, 11) is -2.92. The van der Waals surface area contributed by atoms with E-state index in [0.29, 0.717) is 25.5 Å². The highest BCUT2D eigenvalue weighted by Crippen LogP contribution is 2.19. The molecule has 0 fully saturated rings. The van der Waals surface area contributed by atoms with Crippen LogP contribution in [-0.4, -0.2) is 56.7 Å². The number of guanidine groups is 1. The van der Waals surface area contributed by atoms with Gasteiger partial charge in [-0.2, -0.15) is 0 Å². The third kappa shape index (κ3) is 14.0. The maximum Gasteiger partial charge on any atom is 0.191 e. The van der Waals surface area contributed by atoms with Crippen LogP contribution in [-0.2, 0) is 9.84 Å². The average molecular weight is 463 g/mol. The highest BCUT2D eigenvalue weighted by molar-refractivity contribution is 14.0. The molecule has 0 heterocycles. The molecule has 0 aliphatic carbocycles. The van der Waals surface area contributed by atoms with E-state index < -0.39 is 15.4 Å². The summed E-state index contributed by atoms with van der Waals surface area (Å²) >= 11 is 0. The molecule has 0 unspecified atom stereocenters. The lowest BCUT2D eigenvalue weighted by Gasteiger charge is -2.26. The molecule has 8 heteroatoms. The van der Waals surface area contributed by atoms with Crippen molar-refractivity contribution in [1.29, 1.82) is 0 Å². The van der Waals surface area contributed by atoms with Crippen LogP contribution in [0.2, 0.25) is 0 Å². The van der Waals surface area contributed by atoms with Crippen LogP contribution in [0.3, 0.4) is 0 Å². The molecule has 0 spiro atoms. The van der Waals surface area contributed by atoms with Crippen LogP contribution < -0.4 is 10.6 Å². The first-order valence-corrected chi connectivity index (χ1v) is 10.2. The SMILES string of the molecule is CCCC(O)(CCC)CN=C(NCC)NCCCS(C)(=O)=O.I. The smallest absolute Gasteiger partial charge is 0.191 e. The maximum absolute atomic E-state index is 11.1. The lowest BCUT2D eigenvalue weighted by molar-refractivity contribution is 0.0306. The number of nitrogens with zero attached hydrogens (tertiary/aromatic N) is 1. The monoisotopic (exact) mass is 463 g/mol. The zero-order valence-corrected chi connectivity index (χ0v) is 18.0. The van der Waals surface area contributed by atoms with E-state index in [1.165, 1.54) is 6.26 Å². The molecular weight excluding hydrogens is 429 g/mol. The Morgan fingerprint density at radius 3 is 2.13 bits per heavy atom. The molecular formula is C15H34IN3O3S. The quantitative estimate of drug-likeness (QED) is 0.189. The van der Waals surface area contributed by atoms with E-state index >= 15 is 0 Å². The van der Waals surface area contributed by atoms with Gasteiger partial charge in [-0.25, -0.2) is 8.42 Å². The number of aliphatic hydroxyl groups is 1. The van der Waals surface area contributed by atoms with Gasteiger partial charge in [0.05, 0.1) is 17.9 Å². The van der Waals surface area contributed by atoms with E-state index in [1.807, 2.05) is 6.92 Å². The largest absolute Gasteiger partial charge is 0.388 e. The fraction of sp³-hybridized carbons (Fsp3) is 0.933. The lowest BCUT2D eigenvalue weighted by Crippen LogP contribution is -2.40. The summed E-state index contributed by atoms with van der Waals surface area (Å²) in [4.78, 5) is 4.45. The topological polar surface area (TPSA) is 90.8 Å². The summed E-state index contributed by atoms with van der Waals surface area (Å²) < 4.78 is 22.2. The summed E-state index contributed by atoms with van der Waals surface area (Å²) in [6.45, 7) is 7.70. The predicted molar refractivity (Wildman–Crippen MR) is 108 cm³/mol. The number of sulfone groups is 1. The van der Waals surface area contributed by atoms with Gasteiger partial charge in [0.1, 0.15) is 9.84 Å². The number of rotatable bonds is 11. The van der Waals surface area contributed by atoms with Crippen LogP contribution in [0.5, 0.6) is 0 Å². The Kier molecular flexibility index (Phi) is 14.5. The number of aliphatic imine (C=N–C) groups is 1. The van der Waals surface area contributed by atoms with Crippen LogP contribution in [0.4, 0.5) is 0 Å². The molecule has 140 valence electrons. The van der Waals surface area contributed by atoms with Crippen molar-refractivity contribution in [3.63, 3.8) is 0 Å². The fourth-order valence-corrected chi connectivity index (χ4v) is 2.99. The first-order valence-electron chi connectivity index (χ1n) is 8.18. The van der Waals surface area contributed by atoms with E-state index in [2.05, 4.69) is 29.5 Å². The third-order valence-corrected chi connectivity index (χ3v) is 4.32. The number of halogens is 1. The molecule has 0 saturated heterocycles. The predicted octanol–water partition coefficient (Wildman–Crippen LogP) is 1.93. The second-order valence-corrected chi connectivity index (χ2v) is 8.09. The molecule has 0 amide bonds. The molecule has 0 aliphatic rings. The highest BCUT2D eigenvalue weighted by atomic mass is 127. The molecule has 0 rings (SSSR count). The van der Waals surface area contributed by atoms with Gasteiger partial charge in [0, 0.05) is 19.3 Å². The van der Waals surface area contributed by atoms with Gasteiger partial charge in [0.15, 0.2) is 5.96 Å². The Hall–Kier alpha value is -0.0900. The molecule has 6 nitrogen and oxygen atoms in total. The van der Waals surface area contributed by atoms with Crippen molar-refractivity contribution in [2.24, 2.45) is 4.99 Å². The van der Waals surface area contributed by atoms with Crippen molar-refractivity contribution in [3.8, 4) is 0 Å². The molecule has 0 saturated carbocycles. The molecule has 0 bridgehead atoms. The Morgan fingerprint density at radius 2 is 1.70 bits per heavy atom. The summed E-state index contributed by atoms with van der Waals surface area (Å²) in [6.07, 6.45) is 5.09. The Morgan fingerprint density at radius 1 is 1.13 bits per heavy atom. The Balaban J connectivity index is 0. The van der Waals surface area contributed by atoms with E-state index in [0.717, 1.165) is 32.2 Å². The second-order valence-electron chi connectivity index (χ2n) is 5.83. The summed E-state index contributed by atoms with van der Waals surface area (Å²) in [5.41, 5.74) is -0.751. The fourth-order valence-electron chi connectivity index (χ4n) is 2.32. The van der Waals surface area contributed by atoms with Gasteiger partial charge < -0.3 is 15.7 Å². The summed E-state index contributed by atoms with van der Waals surface area (Å²) in [5.74, 6) is 0.788. The Bertz CT molecular complexity index is 422. The van der Waals surface area contributed by atoms with Crippen molar-refractivity contribution in [1.82, 2.24) is 10.6 Å². The van der Waals surface area contributed by atoms with Crippen molar-refractivity contribution < 1.29 is 13.5 Å². The van der Waals surface area contributed by atoms with Crippen LogP contribution in [0, 0.1) is 0 Å². The van der Waals surface area contributed by atoms with Crippen molar-refractivity contribution in [2.75, 3.05) is 31.6 Å². The molecule has 0 atom stereocenters. The van der Waals surface area contributed by atoms with E-state index in [9.17, 15) is 13.5 Å². The molecule has 0 aromatic heterocycles. The van der Waals surface area contributed by atoms with Gasteiger partial charge in [0.25, 0.3) is 0 Å². The number of hydrogen-bond donors (Lipinski definition) is 3. The Labute approximate surface area is 158 Å². The zero-order valence-electron chi connectivity index (χ0n) is 14.9. The minimum absolute atomic E-state index is 0.